The third-order valence-corrected chi connectivity index (χ3v) is 7.30. The smallest absolute Gasteiger partial charge is 0.236 e. The van der Waals surface area contributed by atoms with Gasteiger partial charge in [-0.1, -0.05) is 84.9 Å². The molecule has 0 saturated carbocycles. The summed E-state index contributed by atoms with van der Waals surface area (Å²) in [6.07, 6.45) is 0. The molecule has 1 N–H and O–H groups in total. The van der Waals surface area contributed by atoms with E-state index in [9.17, 15) is 19.2 Å². The Bertz CT molecular complexity index is 1260. The minimum atomic E-state index is -0.551. The van der Waals surface area contributed by atoms with Gasteiger partial charge in [0.1, 0.15) is 0 Å². The fraction of sp³-hybridized carbons (Fsp3) is 0.312. The highest BCUT2D eigenvalue weighted by molar-refractivity contribution is 6.02. The molecule has 1 aliphatic rings. The summed E-state index contributed by atoms with van der Waals surface area (Å²) in [5.41, 5.74) is 2.92. The standard InChI is InChI=1S/C32H35N3O4/c1-22(36)33-18-23-11-10-16-26(17-23)30-27(31(38)24-12-6-4-7-13-24)19-35(21-29(37)34(2)3)20-28(30)32(39)25-14-8-5-9-15-25/h4-17,27-28,30H,18-21H2,1-3H3,(H,33,36)/t27-,28+,30?. The lowest BCUT2D eigenvalue weighted by atomic mass is 9.68. The molecule has 0 radical (unpaired) electrons. The van der Waals surface area contributed by atoms with Crippen LogP contribution >= 0.6 is 0 Å². The monoisotopic (exact) mass is 525 g/mol. The van der Waals surface area contributed by atoms with Crippen LogP contribution in [0.4, 0.5) is 0 Å². The number of hydrogen-bond donors (Lipinski definition) is 1. The summed E-state index contributed by atoms with van der Waals surface area (Å²) in [5.74, 6) is -1.83. The van der Waals surface area contributed by atoms with Gasteiger partial charge in [0.25, 0.3) is 0 Å². The molecule has 4 rings (SSSR count). The van der Waals surface area contributed by atoms with E-state index in [1.165, 1.54) is 11.8 Å². The Balaban J connectivity index is 1.81. The van der Waals surface area contributed by atoms with Crippen molar-refractivity contribution in [2.75, 3.05) is 33.7 Å². The predicted octanol–water partition coefficient (Wildman–Crippen LogP) is 3.81. The molecule has 3 aromatic rings. The second-order valence-electron chi connectivity index (χ2n) is 10.3. The summed E-state index contributed by atoms with van der Waals surface area (Å²) in [7, 11) is 3.41. The largest absolute Gasteiger partial charge is 0.352 e. The van der Waals surface area contributed by atoms with Gasteiger partial charge in [-0.2, -0.15) is 0 Å². The summed E-state index contributed by atoms with van der Waals surface area (Å²) in [6.45, 7) is 2.66. The van der Waals surface area contributed by atoms with Crippen LogP contribution in [0.2, 0.25) is 0 Å². The summed E-state index contributed by atoms with van der Waals surface area (Å²) in [5, 5.41) is 2.83. The Morgan fingerprint density at radius 2 is 1.33 bits per heavy atom. The number of likely N-dealkylation sites (N-methyl/N-ethyl adjacent to an activating group) is 1. The van der Waals surface area contributed by atoms with Gasteiger partial charge < -0.3 is 10.2 Å². The van der Waals surface area contributed by atoms with Crippen LogP contribution in [0, 0.1) is 11.8 Å². The molecule has 1 saturated heterocycles. The number of nitrogens with zero attached hydrogens (tertiary/aromatic N) is 2. The zero-order valence-corrected chi connectivity index (χ0v) is 22.7. The number of ketones is 2. The van der Waals surface area contributed by atoms with Gasteiger partial charge in [-0.25, -0.2) is 0 Å². The van der Waals surface area contributed by atoms with E-state index in [0.717, 1.165) is 11.1 Å². The van der Waals surface area contributed by atoms with Crippen LogP contribution in [0.1, 0.15) is 44.7 Å². The molecule has 3 aromatic carbocycles. The zero-order chi connectivity index (χ0) is 27.9. The SMILES string of the molecule is CC(=O)NCc1cccc(C2[C@@H](C(=O)c3ccccc3)CN(CC(=O)N(C)C)C[C@H]2C(=O)c2ccccc2)c1. The van der Waals surface area contributed by atoms with Gasteiger partial charge in [0.15, 0.2) is 11.6 Å². The molecular formula is C32H35N3O4. The Morgan fingerprint density at radius 1 is 0.795 bits per heavy atom. The molecule has 7 nitrogen and oxygen atoms in total. The van der Waals surface area contributed by atoms with Gasteiger partial charge in [0.2, 0.25) is 11.8 Å². The predicted molar refractivity (Wildman–Crippen MR) is 150 cm³/mol. The molecule has 0 aromatic heterocycles. The van der Waals surface area contributed by atoms with Crippen molar-refractivity contribution in [3.63, 3.8) is 0 Å². The maximum absolute atomic E-state index is 14.1. The Kier molecular flexibility index (Phi) is 9.04. The second-order valence-corrected chi connectivity index (χ2v) is 10.3. The van der Waals surface area contributed by atoms with Gasteiger partial charge in [0, 0.05) is 69.5 Å². The number of nitrogens with one attached hydrogen (secondary N) is 1. The van der Waals surface area contributed by atoms with E-state index in [1.807, 2.05) is 65.6 Å². The summed E-state index contributed by atoms with van der Waals surface area (Å²) < 4.78 is 0. The quantitative estimate of drug-likeness (QED) is 0.430. The number of rotatable bonds is 9. The highest BCUT2D eigenvalue weighted by Gasteiger charge is 2.45. The lowest BCUT2D eigenvalue weighted by molar-refractivity contribution is -0.130. The van der Waals surface area contributed by atoms with E-state index in [4.69, 9.17) is 0 Å². The minimum absolute atomic E-state index is 0.0549. The van der Waals surface area contributed by atoms with Crippen molar-refractivity contribution in [2.24, 2.45) is 11.8 Å². The first-order valence-electron chi connectivity index (χ1n) is 13.2. The van der Waals surface area contributed by atoms with E-state index >= 15 is 0 Å². The lowest BCUT2D eigenvalue weighted by Crippen LogP contribution is -2.52. The Hall–Kier alpha value is -4.10. The first-order valence-corrected chi connectivity index (χ1v) is 13.2. The molecule has 0 aliphatic carbocycles. The molecule has 2 amide bonds. The summed E-state index contributed by atoms with van der Waals surface area (Å²) in [4.78, 5) is 55.8. The number of carbonyl (C=O) groups excluding carboxylic acids is 4. The van der Waals surface area contributed by atoms with Crippen LogP contribution in [-0.2, 0) is 16.1 Å². The van der Waals surface area contributed by atoms with Crippen LogP contribution in [0.15, 0.2) is 84.9 Å². The van der Waals surface area contributed by atoms with Crippen molar-refractivity contribution in [2.45, 2.75) is 19.4 Å². The maximum atomic E-state index is 14.1. The number of amides is 2. The van der Waals surface area contributed by atoms with E-state index in [0.29, 0.717) is 30.8 Å². The average molecular weight is 526 g/mol. The molecule has 0 bridgehead atoms. The first-order chi connectivity index (χ1) is 18.7. The highest BCUT2D eigenvalue weighted by atomic mass is 16.2. The number of piperidine rings is 1. The molecule has 0 spiro atoms. The molecule has 1 unspecified atom stereocenters. The second kappa shape index (κ2) is 12.6. The van der Waals surface area contributed by atoms with Crippen molar-refractivity contribution in [3.05, 3.63) is 107 Å². The van der Waals surface area contributed by atoms with Gasteiger partial charge in [-0.15, -0.1) is 0 Å². The first kappa shape index (κ1) is 27.9. The fourth-order valence-electron chi connectivity index (χ4n) is 5.33. The molecular weight excluding hydrogens is 490 g/mol. The average Bonchev–Trinajstić information content (AvgIpc) is 2.95. The highest BCUT2D eigenvalue weighted by Crippen LogP contribution is 2.41. The van der Waals surface area contributed by atoms with Crippen LogP contribution in [0.25, 0.3) is 0 Å². The van der Waals surface area contributed by atoms with Crippen LogP contribution in [0.5, 0.6) is 0 Å². The van der Waals surface area contributed by atoms with Crippen LogP contribution in [-0.4, -0.2) is 66.9 Å². The van der Waals surface area contributed by atoms with Gasteiger partial charge >= 0.3 is 0 Å². The summed E-state index contributed by atoms with van der Waals surface area (Å²) in [6, 6.07) is 26.0. The third kappa shape index (κ3) is 6.86. The topological polar surface area (TPSA) is 86.8 Å². The maximum Gasteiger partial charge on any atom is 0.236 e. The number of benzene rings is 3. The van der Waals surface area contributed by atoms with Gasteiger partial charge in [-0.3, -0.25) is 24.1 Å². The molecule has 7 heteroatoms. The van der Waals surface area contributed by atoms with Crippen LogP contribution in [0.3, 0.4) is 0 Å². The van der Waals surface area contributed by atoms with E-state index in [-0.39, 0.29) is 29.9 Å². The van der Waals surface area contributed by atoms with Gasteiger partial charge in [-0.05, 0) is 11.1 Å². The molecule has 39 heavy (non-hydrogen) atoms. The number of carbonyl (C=O) groups is 4. The van der Waals surface area contributed by atoms with Crippen molar-refractivity contribution in [3.8, 4) is 0 Å². The van der Waals surface area contributed by atoms with E-state index in [2.05, 4.69) is 5.32 Å². The van der Waals surface area contributed by atoms with Crippen LogP contribution < -0.4 is 5.32 Å². The molecule has 202 valence electrons. The third-order valence-electron chi connectivity index (χ3n) is 7.30. The number of likely N-dealkylation sites (tertiary alicyclic amines) is 1. The Labute approximate surface area is 229 Å². The van der Waals surface area contributed by atoms with Crippen molar-refractivity contribution in [1.29, 1.82) is 0 Å². The van der Waals surface area contributed by atoms with Crippen molar-refractivity contribution >= 4 is 23.4 Å². The zero-order valence-electron chi connectivity index (χ0n) is 22.7. The van der Waals surface area contributed by atoms with Gasteiger partial charge in [0.05, 0.1) is 6.54 Å². The normalized spacial score (nSPS) is 19.2. The van der Waals surface area contributed by atoms with Crippen molar-refractivity contribution in [1.82, 2.24) is 15.1 Å². The lowest BCUT2D eigenvalue weighted by Gasteiger charge is -2.43. The van der Waals surface area contributed by atoms with E-state index < -0.39 is 17.8 Å². The fourth-order valence-corrected chi connectivity index (χ4v) is 5.33. The summed E-state index contributed by atoms with van der Waals surface area (Å²) >= 11 is 0. The van der Waals surface area contributed by atoms with E-state index in [1.54, 1.807) is 38.4 Å². The number of hydrogen-bond acceptors (Lipinski definition) is 5. The molecule has 3 atom stereocenters. The van der Waals surface area contributed by atoms with Crippen molar-refractivity contribution < 1.29 is 19.2 Å². The molecule has 1 heterocycles. The molecule has 1 fully saturated rings. The Morgan fingerprint density at radius 3 is 1.82 bits per heavy atom. The molecule has 1 aliphatic heterocycles. The number of Topliss-reactive ketones (excluding diaryl/α,β-unsaturated/α-hetero) is 2. The minimum Gasteiger partial charge on any atom is -0.352 e.